The molecule has 17 rings (SSSR count). The lowest BCUT2D eigenvalue weighted by Crippen LogP contribution is -1.92. The molecule has 0 aliphatic rings. The molecule has 0 fully saturated rings. The Morgan fingerprint density at radius 2 is 0.600 bits per heavy atom. The minimum absolute atomic E-state index is 0.893. The fourth-order valence-corrected chi connectivity index (χ4v) is 13.0. The molecule has 0 N–H and O–H groups in total. The summed E-state index contributed by atoms with van der Waals surface area (Å²) in [5.41, 5.74) is 14.7. The standard InChI is InChI=1S/C76H44N4/c1-2-14-55-46(10-1)11-7-19-56(55)51-27-32-62-64-34-29-53(43-70(64)60-18-6-4-16-58(60)68(62)41-51)72-37-35-65-66(44-54-13-9-39-78-74(54)76(65)80-72)47-22-20-45(21-23-47)50-26-31-61-63-33-28-52(42-69(63)59-17-5-3-15-57(59)67(61)40-50)71-36-30-49-25-24-48-12-8-38-77-73(48)75(49)79-71/h1-44H. The summed E-state index contributed by atoms with van der Waals surface area (Å²) < 4.78 is 0. The van der Waals surface area contributed by atoms with Gasteiger partial charge in [-0.05, 0) is 169 Å². The van der Waals surface area contributed by atoms with E-state index in [0.29, 0.717) is 0 Å². The molecule has 0 unspecified atom stereocenters. The number of pyridine rings is 4. The van der Waals surface area contributed by atoms with Crippen molar-refractivity contribution >= 4 is 119 Å². The lowest BCUT2D eigenvalue weighted by Gasteiger charge is -2.15. The number of hydrogen-bond acceptors (Lipinski definition) is 4. The maximum atomic E-state index is 5.49. The summed E-state index contributed by atoms with van der Waals surface area (Å²) in [4.78, 5) is 20.3. The van der Waals surface area contributed by atoms with Crippen molar-refractivity contribution in [2.45, 2.75) is 0 Å². The Labute approximate surface area is 459 Å². The summed E-state index contributed by atoms with van der Waals surface area (Å²) in [7, 11) is 0. The van der Waals surface area contributed by atoms with Crippen LogP contribution in [0.4, 0.5) is 0 Å². The van der Waals surface area contributed by atoms with Gasteiger partial charge in [-0.3, -0.25) is 9.97 Å². The van der Waals surface area contributed by atoms with Gasteiger partial charge in [-0.15, -0.1) is 0 Å². The van der Waals surface area contributed by atoms with Gasteiger partial charge in [0, 0.05) is 45.1 Å². The van der Waals surface area contributed by atoms with Gasteiger partial charge in [-0.2, -0.15) is 0 Å². The molecule has 4 heteroatoms. The number of benzene rings is 13. The van der Waals surface area contributed by atoms with Crippen molar-refractivity contribution in [2.24, 2.45) is 0 Å². The first-order valence-electron chi connectivity index (χ1n) is 27.3. The van der Waals surface area contributed by atoms with E-state index in [4.69, 9.17) is 19.9 Å². The Morgan fingerprint density at radius 1 is 0.188 bits per heavy atom. The van der Waals surface area contributed by atoms with Gasteiger partial charge in [0.15, 0.2) is 0 Å². The van der Waals surface area contributed by atoms with Crippen molar-refractivity contribution in [1.29, 1.82) is 0 Å². The highest BCUT2D eigenvalue weighted by atomic mass is 14.8. The normalized spacial score (nSPS) is 12.0. The second-order valence-corrected chi connectivity index (χ2v) is 21.2. The zero-order valence-electron chi connectivity index (χ0n) is 43.2. The lowest BCUT2D eigenvalue weighted by molar-refractivity contribution is 1.37. The fourth-order valence-electron chi connectivity index (χ4n) is 13.0. The Balaban J connectivity index is 0.732. The topological polar surface area (TPSA) is 51.6 Å². The molecule has 0 spiro atoms. The minimum atomic E-state index is 0.893. The molecule has 13 aromatic carbocycles. The van der Waals surface area contributed by atoms with Crippen molar-refractivity contribution in [1.82, 2.24) is 19.9 Å². The molecule has 0 bridgehead atoms. The van der Waals surface area contributed by atoms with Crippen LogP contribution < -0.4 is 0 Å². The summed E-state index contributed by atoms with van der Waals surface area (Å²) >= 11 is 0. The van der Waals surface area contributed by atoms with Crippen LogP contribution in [0.5, 0.6) is 0 Å². The zero-order valence-corrected chi connectivity index (χ0v) is 43.2. The van der Waals surface area contributed by atoms with E-state index in [9.17, 15) is 0 Å². The number of hydrogen-bond donors (Lipinski definition) is 0. The van der Waals surface area contributed by atoms with Gasteiger partial charge < -0.3 is 0 Å². The van der Waals surface area contributed by atoms with E-state index < -0.39 is 0 Å². The maximum Gasteiger partial charge on any atom is 0.0978 e. The first-order chi connectivity index (χ1) is 39.6. The molecule has 17 aromatic rings. The highest BCUT2D eigenvalue weighted by Gasteiger charge is 2.18. The molecule has 4 heterocycles. The molecule has 0 saturated carbocycles. The maximum absolute atomic E-state index is 5.49. The molecule has 0 atom stereocenters. The van der Waals surface area contributed by atoms with E-state index in [1.165, 1.54) is 92.1 Å². The lowest BCUT2D eigenvalue weighted by atomic mass is 9.90. The summed E-state index contributed by atoms with van der Waals surface area (Å²) in [6.07, 6.45) is 3.72. The first kappa shape index (κ1) is 44.4. The largest absolute Gasteiger partial charge is 0.254 e. The average molecular weight is 1010 g/mol. The molecule has 0 radical (unpaired) electrons. The predicted octanol–water partition coefficient (Wildman–Crippen LogP) is 20.3. The molecule has 4 nitrogen and oxygen atoms in total. The van der Waals surface area contributed by atoms with E-state index in [1.54, 1.807) is 0 Å². The molecule has 0 amide bonds. The monoisotopic (exact) mass is 1010 g/mol. The van der Waals surface area contributed by atoms with Crippen molar-refractivity contribution in [2.75, 3.05) is 0 Å². The van der Waals surface area contributed by atoms with Gasteiger partial charge in [0.1, 0.15) is 0 Å². The Bertz CT molecular complexity index is 5440. The Hall–Kier alpha value is -10.7. The third-order valence-corrected chi connectivity index (χ3v) is 16.9. The summed E-state index contributed by atoms with van der Waals surface area (Å²) in [5.74, 6) is 0. The van der Waals surface area contributed by atoms with Gasteiger partial charge in [-0.1, -0.05) is 194 Å². The van der Waals surface area contributed by atoms with Crippen molar-refractivity contribution in [3.8, 4) is 55.9 Å². The molecular weight excluding hydrogens is 969 g/mol. The first-order valence-corrected chi connectivity index (χ1v) is 27.3. The van der Waals surface area contributed by atoms with Crippen LogP contribution in [0.2, 0.25) is 0 Å². The SMILES string of the molecule is c1ccc2c(-c3ccc4c5ccc(-c6ccc7c(-c8ccc(-c9ccc%10c%11ccc(-c%12ccc%13ccc%14cccnc%14c%13n%12)cc%11c%11ccccc%11c%10c9)cc8)cc8cccnc8c7n6)cc5c5ccccc5c4c3)cccc2c1. The summed E-state index contributed by atoms with van der Waals surface area (Å²) in [6, 6.07) is 93.0. The van der Waals surface area contributed by atoms with Crippen LogP contribution in [0.25, 0.3) is 175 Å². The molecule has 0 aliphatic carbocycles. The molecule has 0 saturated heterocycles. The number of aromatic nitrogens is 4. The fraction of sp³-hybridized carbons (Fsp3) is 0. The smallest absolute Gasteiger partial charge is 0.0978 e. The van der Waals surface area contributed by atoms with Crippen LogP contribution in [-0.2, 0) is 0 Å². The van der Waals surface area contributed by atoms with E-state index >= 15 is 0 Å². The molecular formula is C76H44N4. The molecule has 0 aliphatic heterocycles. The number of rotatable bonds is 5. The average Bonchev–Trinajstić information content (AvgIpc) is 3.69. The van der Waals surface area contributed by atoms with Crippen molar-refractivity contribution < 1.29 is 0 Å². The van der Waals surface area contributed by atoms with Gasteiger partial charge in [0.25, 0.3) is 0 Å². The molecule has 368 valence electrons. The minimum Gasteiger partial charge on any atom is -0.254 e. The molecule has 80 heavy (non-hydrogen) atoms. The third-order valence-electron chi connectivity index (χ3n) is 16.9. The molecule has 4 aromatic heterocycles. The van der Waals surface area contributed by atoms with Gasteiger partial charge in [-0.25, -0.2) is 9.97 Å². The summed E-state index contributed by atoms with van der Waals surface area (Å²) in [5, 5.41) is 21.6. The van der Waals surface area contributed by atoms with E-state index in [0.717, 1.165) is 82.8 Å². The zero-order chi connectivity index (χ0) is 52.4. The Morgan fingerprint density at radius 3 is 1.24 bits per heavy atom. The van der Waals surface area contributed by atoms with Crippen LogP contribution in [0, 0.1) is 0 Å². The number of nitrogens with zero attached hydrogens (tertiary/aromatic N) is 4. The Kier molecular flexibility index (Phi) is 9.68. The highest BCUT2D eigenvalue weighted by molar-refractivity contribution is 6.28. The van der Waals surface area contributed by atoms with Crippen LogP contribution >= 0.6 is 0 Å². The highest BCUT2D eigenvalue weighted by Crippen LogP contribution is 2.43. The van der Waals surface area contributed by atoms with Crippen LogP contribution in [0.15, 0.2) is 267 Å². The van der Waals surface area contributed by atoms with Gasteiger partial charge in [0.05, 0.1) is 33.5 Å². The van der Waals surface area contributed by atoms with Gasteiger partial charge >= 0.3 is 0 Å². The van der Waals surface area contributed by atoms with E-state index in [-0.39, 0.29) is 0 Å². The quantitative estimate of drug-likeness (QED) is 0.161. The van der Waals surface area contributed by atoms with Crippen molar-refractivity contribution in [3.63, 3.8) is 0 Å². The summed E-state index contributed by atoms with van der Waals surface area (Å²) in [6.45, 7) is 0. The second kappa shape index (κ2) is 17.4. The van der Waals surface area contributed by atoms with E-state index in [2.05, 4.69) is 243 Å². The van der Waals surface area contributed by atoms with Crippen LogP contribution in [0.3, 0.4) is 0 Å². The van der Waals surface area contributed by atoms with E-state index in [1.807, 2.05) is 24.5 Å². The van der Waals surface area contributed by atoms with Crippen LogP contribution in [0.1, 0.15) is 0 Å². The van der Waals surface area contributed by atoms with Crippen molar-refractivity contribution in [3.05, 3.63) is 267 Å². The second-order valence-electron chi connectivity index (χ2n) is 21.2. The number of fused-ring (bicyclic) bond motifs is 19. The van der Waals surface area contributed by atoms with Gasteiger partial charge in [0.2, 0.25) is 0 Å². The van der Waals surface area contributed by atoms with Crippen LogP contribution in [-0.4, -0.2) is 19.9 Å². The predicted molar refractivity (Wildman–Crippen MR) is 337 cm³/mol. The third kappa shape index (κ3) is 6.89.